The molecule has 0 radical (unpaired) electrons. The SMILES string of the molecule is NC/C=C/CNS(=O)(=O)c1ccc2ccccc2c1. The second-order valence-electron chi connectivity index (χ2n) is 4.07. The Morgan fingerprint density at radius 2 is 1.79 bits per heavy atom. The second kappa shape index (κ2) is 5.97. The molecule has 2 rings (SSSR count). The number of hydrogen-bond donors (Lipinski definition) is 2. The van der Waals surface area contributed by atoms with Gasteiger partial charge in [-0.25, -0.2) is 13.1 Å². The monoisotopic (exact) mass is 276 g/mol. The third-order valence-corrected chi connectivity index (χ3v) is 4.15. The number of fused-ring (bicyclic) bond motifs is 1. The fraction of sp³-hybridized carbons (Fsp3) is 0.143. The number of nitrogens with one attached hydrogen (secondary N) is 1. The summed E-state index contributed by atoms with van der Waals surface area (Å²) in [6, 6.07) is 12.7. The molecule has 0 aliphatic rings. The van der Waals surface area contributed by atoms with Gasteiger partial charge in [-0.2, -0.15) is 0 Å². The summed E-state index contributed by atoms with van der Waals surface area (Å²) in [5.41, 5.74) is 5.29. The summed E-state index contributed by atoms with van der Waals surface area (Å²) >= 11 is 0. The predicted molar refractivity (Wildman–Crippen MR) is 77.3 cm³/mol. The fourth-order valence-electron chi connectivity index (χ4n) is 1.76. The summed E-state index contributed by atoms with van der Waals surface area (Å²) < 4.78 is 26.6. The quantitative estimate of drug-likeness (QED) is 0.815. The van der Waals surface area contributed by atoms with Crippen LogP contribution in [0, 0.1) is 0 Å². The predicted octanol–water partition coefficient (Wildman–Crippen LogP) is 1.63. The van der Waals surface area contributed by atoms with E-state index in [4.69, 9.17) is 5.73 Å². The molecule has 5 heteroatoms. The van der Waals surface area contributed by atoms with E-state index >= 15 is 0 Å². The summed E-state index contributed by atoms with van der Waals surface area (Å²) in [5, 5.41) is 1.92. The highest BCUT2D eigenvalue weighted by Crippen LogP contribution is 2.18. The molecular weight excluding hydrogens is 260 g/mol. The van der Waals surface area contributed by atoms with Crippen LogP contribution in [0.3, 0.4) is 0 Å². The van der Waals surface area contributed by atoms with Crippen molar-refractivity contribution in [3.05, 3.63) is 54.6 Å². The van der Waals surface area contributed by atoms with Gasteiger partial charge in [0.05, 0.1) is 4.90 Å². The van der Waals surface area contributed by atoms with Crippen LogP contribution in [0.4, 0.5) is 0 Å². The minimum Gasteiger partial charge on any atom is -0.327 e. The van der Waals surface area contributed by atoms with E-state index in [2.05, 4.69) is 4.72 Å². The third-order valence-electron chi connectivity index (χ3n) is 2.73. The van der Waals surface area contributed by atoms with E-state index in [1.165, 1.54) is 0 Å². The van der Waals surface area contributed by atoms with Gasteiger partial charge < -0.3 is 5.73 Å². The zero-order valence-electron chi connectivity index (χ0n) is 10.4. The highest BCUT2D eigenvalue weighted by atomic mass is 32.2. The molecule has 3 N–H and O–H groups in total. The highest BCUT2D eigenvalue weighted by Gasteiger charge is 2.12. The first-order valence-corrected chi connectivity index (χ1v) is 7.45. The van der Waals surface area contributed by atoms with Crippen LogP contribution in [0.15, 0.2) is 59.5 Å². The van der Waals surface area contributed by atoms with Crippen molar-refractivity contribution in [2.24, 2.45) is 5.73 Å². The fourth-order valence-corrected chi connectivity index (χ4v) is 2.77. The first-order valence-electron chi connectivity index (χ1n) is 5.97. The lowest BCUT2D eigenvalue weighted by molar-refractivity contribution is 0.585. The van der Waals surface area contributed by atoms with Crippen molar-refractivity contribution < 1.29 is 8.42 Å². The molecule has 0 saturated heterocycles. The zero-order valence-corrected chi connectivity index (χ0v) is 11.2. The molecule has 100 valence electrons. The first kappa shape index (κ1) is 13.7. The molecule has 0 saturated carbocycles. The van der Waals surface area contributed by atoms with Crippen LogP contribution < -0.4 is 10.5 Å². The van der Waals surface area contributed by atoms with Crippen molar-refractivity contribution in [2.75, 3.05) is 13.1 Å². The van der Waals surface area contributed by atoms with Gasteiger partial charge in [0.25, 0.3) is 0 Å². The van der Waals surface area contributed by atoms with Gasteiger partial charge in [-0.1, -0.05) is 42.5 Å². The van der Waals surface area contributed by atoms with Crippen LogP contribution in [-0.4, -0.2) is 21.5 Å². The topological polar surface area (TPSA) is 72.2 Å². The Labute approximate surface area is 113 Å². The molecule has 0 fully saturated rings. The van der Waals surface area contributed by atoms with Crippen LogP contribution in [-0.2, 0) is 10.0 Å². The summed E-state index contributed by atoms with van der Waals surface area (Å²) in [5.74, 6) is 0. The molecule has 0 spiro atoms. The molecule has 0 aromatic heterocycles. The molecule has 0 heterocycles. The molecule has 2 aromatic rings. The number of nitrogens with two attached hydrogens (primary N) is 1. The van der Waals surface area contributed by atoms with E-state index in [0.29, 0.717) is 6.54 Å². The van der Waals surface area contributed by atoms with Gasteiger partial charge in [0, 0.05) is 13.1 Å². The molecule has 0 atom stereocenters. The Hall–Kier alpha value is -1.69. The summed E-state index contributed by atoms with van der Waals surface area (Å²) in [6.45, 7) is 0.643. The molecule has 2 aromatic carbocycles. The average molecular weight is 276 g/mol. The summed E-state index contributed by atoms with van der Waals surface area (Å²) in [7, 11) is -3.47. The standard InChI is InChI=1S/C14H16N2O2S/c15-9-3-4-10-16-19(17,18)14-8-7-12-5-1-2-6-13(12)11-14/h1-8,11,16H,9-10,15H2/b4-3+. The van der Waals surface area contributed by atoms with Crippen LogP contribution in [0.1, 0.15) is 0 Å². The zero-order chi connectivity index (χ0) is 13.7. The molecule has 0 bridgehead atoms. The number of hydrogen-bond acceptors (Lipinski definition) is 3. The normalized spacial score (nSPS) is 12.3. The maximum absolute atomic E-state index is 12.1. The minimum atomic E-state index is -3.47. The van der Waals surface area contributed by atoms with Gasteiger partial charge >= 0.3 is 0 Å². The first-order chi connectivity index (χ1) is 9.13. The summed E-state index contributed by atoms with van der Waals surface area (Å²) in [6.07, 6.45) is 3.40. The van der Waals surface area contributed by atoms with Crippen molar-refractivity contribution in [3.8, 4) is 0 Å². The Morgan fingerprint density at radius 1 is 1.05 bits per heavy atom. The van der Waals surface area contributed by atoms with Crippen molar-refractivity contribution in [1.82, 2.24) is 4.72 Å². The van der Waals surface area contributed by atoms with Gasteiger partial charge in [-0.3, -0.25) is 0 Å². The largest absolute Gasteiger partial charge is 0.327 e. The van der Waals surface area contributed by atoms with E-state index in [1.807, 2.05) is 24.3 Å². The smallest absolute Gasteiger partial charge is 0.240 e. The van der Waals surface area contributed by atoms with Crippen molar-refractivity contribution in [2.45, 2.75) is 4.90 Å². The molecule has 0 unspecified atom stereocenters. The van der Waals surface area contributed by atoms with Gasteiger partial charge in [-0.05, 0) is 22.9 Å². The van der Waals surface area contributed by atoms with Crippen molar-refractivity contribution >= 4 is 20.8 Å². The van der Waals surface area contributed by atoms with Crippen LogP contribution >= 0.6 is 0 Å². The third kappa shape index (κ3) is 3.41. The maximum Gasteiger partial charge on any atom is 0.240 e. The van der Waals surface area contributed by atoms with E-state index in [9.17, 15) is 8.42 Å². The minimum absolute atomic E-state index is 0.242. The number of sulfonamides is 1. The summed E-state index contributed by atoms with van der Waals surface area (Å²) in [4.78, 5) is 0.271. The van der Waals surface area contributed by atoms with Crippen molar-refractivity contribution in [3.63, 3.8) is 0 Å². The second-order valence-corrected chi connectivity index (χ2v) is 5.83. The van der Waals surface area contributed by atoms with Crippen LogP contribution in [0.25, 0.3) is 10.8 Å². The van der Waals surface area contributed by atoms with Crippen LogP contribution in [0.2, 0.25) is 0 Å². The number of benzene rings is 2. The molecule has 0 amide bonds. The lowest BCUT2D eigenvalue weighted by Crippen LogP contribution is -2.23. The highest BCUT2D eigenvalue weighted by molar-refractivity contribution is 7.89. The number of rotatable bonds is 5. The lowest BCUT2D eigenvalue weighted by atomic mass is 10.1. The Balaban J connectivity index is 2.25. The molecule has 4 nitrogen and oxygen atoms in total. The van der Waals surface area contributed by atoms with Crippen molar-refractivity contribution in [1.29, 1.82) is 0 Å². The molecule has 19 heavy (non-hydrogen) atoms. The molecule has 0 aliphatic heterocycles. The van der Waals surface area contributed by atoms with E-state index in [-0.39, 0.29) is 11.4 Å². The Bertz CT molecular complexity index is 693. The van der Waals surface area contributed by atoms with E-state index in [0.717, 1.165) is 10.8 Å². The Morgan fingerprint density at radius 3 is 2.53 bits per heavy atom. The maximum atomic E-state index is 12.1. The Kier molecular flexibility index (Phi) is 4.31. The van der Waals surface area contributed by atoms with Gasteiger partial charge in [0.1, 0.15) is 0 Å². The van der Waals surface area contributed by atoms with Crippen LogP contribution in [0.5, 0.6) is 0 Å². The lowest BCUT2D eigenvalue weighted by Gasteiger charge is -2.06. The van der Waals surface area contributed by atoms with E-state index < -0.39 is 10.0 Å². The molecule has 0 aliphatic carbocycles. The van der Waals surface area contributed by atoms with Gasteiger partial charge in [-0.15, -0.1) is 0 Å². The average Bonchev–Trinajstić information content (AvgIpc) is 2.43. The van der Waals surface area contributed by atoms with Gasteiger partial charge in [0.15, 0.2) is 0 Å². The molecular formula is C14H16N2O2S. The van der Waals surface area contributed by atoms with E-state index in [1.54, 1.807) is 30.4 Å². The van der Waals surface area contributed by atoms with Gasteiger partial charge in [0.2, 0.25) is 10.0 Å².